The first-order valence-corrected chi connectivity index (χ1v) is 5.06. The van der Waals surface area contributed by atoms with Gasteiger partial charge in [0, 0.05) is 12.2 Å². The average molecular weight is 263 g/mol. The monoisotopic (exact) mass is 263 g/mol. The quantitative estimate of drug-likeness (QED) is 0.842. The third kappa shape index (κ3) is 4.56. The summed E-state index contributed by atoms with van der Waals surface area (Å²) in [5, 5.41) is 2.54. The van der Waals surface area contributed by atoms with Crippen LogP contribution in [0.2, 0.25) is 0 Å². The van der Waals surface area contributed by atoms with E-state index in [2.05, 4.69) is 20.0 Å². The summed E-state index contributed by atoms with van der Waals surface area (Å²) >= 11 is 0. The van der Waals surface area contributed by atoms with Gasteiger partial charge in [-0.25, -0.2) is 14.8 Å². The number of anilines is 1. The highest BCUT2D eigenvalue weighted by atomic mass is 19.4. The van der Waals surface area contributed by atoms with Crippen molar-refractivity contribution in [3.63, 3.8) is 0 Å². The molecule has 1 N–H and O–H groups in total. The van der Waals surface area contributed by atoms with Crippen LogP contribution in [-0.4, -0.2) is 35.3 Å². The highest BCUT2D eigenvalue weighted by Gasteiger charge is 2.30. The van der Waals surface area contributed by atoms with Gasteiger partial charge in [0.15, 0.2) is 0 Å². The molecule has 0 aliphatic rings. The molecular formula is C10H12F3N3O2. The van der Waals surface area contributed by atoms with Crippen LogP contribution in [-0.2, 0) is 4.74 Å². The minimum atomic E-state index is -4.26. The molecule has 18 heavy (non-hydrogen) atoms. The zero-order valence-corrected chi connectivity index (χ0v) is 9.78. The Balaban J connectivity index is 2.70. The van der Waals surface area contributed by atoms with Crippen LogP contribution < -0.4 is 5.32 Å². The molecule has 0 bridgehead atoms. The SMILES string of the molecule is COC(=O)c1nccc(NC(C)CC(F)(F)F)n1. The zero-order chi connectivity index (χ0) is 13.8. The molecule has 0 aliphatic heterocycles. The molecule has 0 radical (unpaired) electrons. The second kappa shape index (κ2) is 5.65. The number of halogens is 3. The van der Waals surface area contributed by atoms with E-state index in [-0.39, 0.29) is 11.6 Å². The Kier molecular flexibility index (Phi) is 4.46. The molecule has 0 saturated carbocycles. The number of carbonyl (C=O) groups excluding carboxylic acids is 1. The molecule has 8 heteroatoms. The molecule has 0 saturated heterocycles. The smallest absolute Gasteiger partial charge is 0.391 e. The summed E-state index contributed by atoms with van der Waals surface area (Å²) in [5.74, 6) is -0.814. The molecule has 1 unspecified atom stereocenters. The highest BCUT2D eigenvalue weighted by Crippen LogP contribution is 2.22. The number of ether oxygens (including phenoxy) is 1. The minimum absolute atomic E-state index is 0.141. The molecule has 5 nitrogen and oxygen atoms in total. The largest absolute Gasteiger partial charge is 0.463 e. The second-order valence-electron chi connectivity index (χ2n) is 3.62. The lowest BCUT2D eigenvalue weighted by molar-refractivity contribution is -0.136. The van der Waals surface area contributed by atoms with Gasteiger partial charge in [0.1, 0.15) is 5.82 Å². The van der Waals surface area contributed by atoms with Crippen LogP contribution in [0.25, 0.3) is 0 Å². The molecule has 1 rings (SSSR count). The minimum Gasteiger partial charge on any atom is -0.463 e. The normalized spacial score (nSPS) is 12.9. The van der Waals surface area contributed by atoms with Crippen molar-refractivity contribution in [3.8, 4) is 0 Å². The highest BCUT2D eigenvalue weighted by molar-refractivity contribution is 5.85. The number of hydrogen-bond donors (Lipinski definition) is 1. The third-order valence-electron chi connectivity index (χ3n) is 1.96. The van der Waals surface area contributed by atoms with E-state index in [0.29, 0.717) is 0 Å². The van der Waals surface area contributed by atoms with Crippen molar-refractivity contribution in [2.24, 2.45) is 0 Å². The maximum atomic E-state index is 12.1. The summed E-state index contributed by atoms with van der Waals surface area (Å²) < 4.78 is 40.8. The Labute approximate surface area is 101 Å². The van der Waals surface area contributed by atoms with Crippen LogP contribution in [0, 0.1) is 0 Å². The molecule has 1 aromatic heterocycles. The number of nitrogens with zero attached hydrogens (tertiary/aromatic N) is 2. The molecule has 1 atom stereocenters. The second-order valence-corrected chi connectivity index (χ2v) is 3.62. The van der Waals surface area contributed by atoms with Crippen LogP contribution >= 0.6 is 0 Å². The van der Waals surface area contributed by atoms with Gasteiger partial charge in [-0.1, -0.05) is 0 Å². The number of esters is 1. The number of alkyl halides is 3. The predicted octanol–water partition coefficient (Wildman–Crippen LogP) is 2.02. The number of aromatic nitrogens is 2. The Morgan fingerprint density at radius 2 is 2.22 bits per heavy atom. The zero-order valence-electron chi connectivity index (χ0n) is 9.78. The standard InChI is InChI=1S/C10H12F3N3O2/c1-6(5-10(11,12)13)15-7-3-4-14-8(16-7)9(17)18-2/h3-4,6H,5H2,1-2H3,(H,14,15,16). The van der Waals surface area contributed by atoms with Gasteiger partial charge in [-0.2, -0.15) is 13.2 Å². The van der Waals surface area contributed by atoms with E-state index < -0.39 is 24.6 Å². The van der Waals surface area contributed by atoms with E-state index in [0.717, 1.165) is 7.11 Å². The van der Waals surface area contributed by atoms with Crippen LogP contribution in [0.15, 0.2) is 12.3 Å². The number of nitrogens with one attached hydrogen (secondary N) is 1. The summed E-state index contributed by atoms with van der Waals surface area (Å²) in [6.45, 7) is 1.37. The molecule has 0 fully saturated rings. The van der Waals surface area contributed by atoms with Crippen molar-refractivity contribution in [3.05, 3.63) is 18.1 Å². The van der Waals surface area contributed by atoms with E-state index in [1.54, 1.807) is 0 Å². The lowest BCUT2D eigenvalue weighted by atomic mass is 10.2. The van der Waals surface area contributed by atoms with Gasteiger partial charge in [0.05, 0.1) is 13.5 Å². The van der Waals surface area contributed by atoms with Crippen LogP contribution in [0.4, 0.5) is 19.0 Å². The molecule has 1 aromatic rings. The molecule has 0 aliphatic carbocycles. The van der Waals surface area contributed by atoms with E-state index in [4.69, 9.17) is 0 Å². The number of rotatable bonds is 4. The predicted molar refractivity (Wildman–Crippen MR) is 57.1 cm³/mol. The molecule has 0 aromatic carbocycles. The lowest BCUT2D eigenvalue weighted by Gasteiger charge is -2.16. The topological polar surface area (TPSA) is 64.1 Å². The summed E-state index contributed by atoms with van der Waals surface area (Å²) in [7, 11) is 1.16. The lowest BCUT2D eigenvalue weighted by Crippen LogP contribution is -2.24. The summed E-state index contributed by atoms with van der Waals surface area (Å²) in [5.41, 5.74) is 0. The van der Waals surface area contributed by atoms with Crippen molar-refractivity contribution >= 4 is 11.8 Å². The van der Waals surface area contributed by atoms with Crippen molar-refractivity contribution in [1.29, 1.82) is 0 Å². The summed E-state index contributed by atoms with van der Waals surface area (Å²) in [6, 6.07) is 0.518. The number of carbonyl (C=O) groups is 1. The molecule has 1 heterocycles. The molecule has 0 spiro atoms. The van der Waals surface area contributed by atoms with E-state index >= 15 is 0 Å². The first-order chi connectivity index (χ1) is 8.31. The molecule has 100 valence electrons. The van der Waals surface area contributed by atoms with Crippen molar-refractivity contribution in [2.75, 3.05) is 12.4 Å². The van der Waals surface area contributed by atoms with Crippen molar-refractivity contribution in [1.82, 2.24) is 9.97 Å². The fraction of sp³-hybridized carbons (Fsp3) is 0.500. The summed E-state index contributed by atoms with van der Waals surface area (Å²) in [6.07, 6.45) is -3.99. The van der Waals surface area contributed by atoms with Crippen molar-refractivity contribution < 1.29 is 22.7 Å². The van der Waals surface area contributed by atoms with E-state index in [1.807, 2.05) is 0 Å². The first-order valence-electron chi connectivity index (χ1n) is 5.06. The van der Waals surface area contributed by atoms with Gasteiger partial charge in [0.25, 0.3) is 0 Å². The Morgan fingerprint density at radius 1 is 1.56 bits per heavy atom. The van der Waals surface area contributed by atoms with Gasteiger partial charge >= 0.3 is 12.1 Å². The van der Waals surface area contributed by atoms with Crippen LogP contribution in [0.5, 0.6) is 0 Å². The van der Waals surface area contributed by atoms with Crippen LogP contribution in [0.1, 0.15) is 24.0 Å². The van der Waals surface area contributed by atoms with Gasteiger partial charge < -0.3 is 10.1 Å². The maximum absolute atomic E-state index is 12.1. The summed E-state index contributed by atoms with van der Waals surface area (Å²) in [4.78, 5) is 18.5. The van der Waals surface area contributed by atoms with Crippen LogP contribution in [0.3, 0.4) is 0 Å². The Hall–Kier alpha value is -1.86. The van der Waals surface area contributed by atoms with E-state index in [9.17, 15) is 18.0 Å². The average Bonchev–Trinajstić information content (AvgIpc) is 2.25. The third-order valence-corrected chi connectivity index (χ3v) is 1.96. The van der Waals surface area contributed by atoms with Gasteiger partial charge in [0.2, 0.25) is 5.82 Å². The van der Waals surface area contributed by atoms with Gasteiger partial charge in [-0.15, -0.1) is 0 Å². The Bertz CT molecular complexity index is 423. The van der Waals surface area contributed by atoms with Crippen molar-refractivity contribution in [2.45, 2.75) is 25.6 Å². The van der Waals surface area contributed by atoms with Gasteiger partial charge in [-0.3, -0.25) is 0 Å². The fourth-order valence-corrected chi connectivity index (χ4v) is 1.28. The molecule has 0 amide bonds. The number of hydrogen-bond acceptors (Lipinski definition) is 5. The van der Waals surface area contributed by atoms with E-state index in [1.165, 1.54) is 19.2 Å². The fourth-order valence-electron chi connectivity index (χ4n) is 1.28. The first kappa shape index (κ1) is 14.2. The number of methoxy groups -OCH3 is 1. The van der Waals surface area contributed by atoms with Gasteiger partial charge in [-0.05, 0) is 13.0 Å². The maximum Gasteiger partial charge on any atom is 0.391 e. The Morgan fingerprint density at radius 3 is 2.78 bits per heavy atom. The molecular weight excluding hydrogens is 251 g/mol.